The van der Waals surface area contributed by atoms with Gasteiger partial charge in [-0.25, -0.2) is 4.79 Å². The molecule has 70 valence electrons. The van der Waals surface area contributed by atoms with Crippen molar-refractivity contribution in [1.82, 2.24) is 0 Å². The lowest BCUT2D eigenvalue weighted by molar-refractivity contribution is 0.0600. The van der Waals surface area contributed by atoms with Crippen molar-refractivity contribution >= 4 is 33.5 Å². The summed E-state index contributed by atoms with van der Waals surface area (Å²) in [7, 11) is 1.33. The van der Waals surface area contributed by atoms with Crippen molar-refractivity contribution in [2.75, 3.05) is 7.11 Å². The molecule has 0 radical (unpaired) electrons. The second-order valence-electron chi connectivity index (χ2n) is 2.54. The quantitative estimate of drug-likeness (QED) is 0.727. The minimum atomic E-state index is -0.413. The first-order chi connectivity index (χ1) is 6.07. The van der Waals surface area contributed by atoms with Crippen LogP contribution < -0.4 is 0 Å². The molecule has 0 aromatic heterocycles. The van der Waals surface area contributed by atoms with Crippen molar-refractivity contribution in [1.29, 1.82) is 0 Å². The molecule has 4 heteroatoms. The fourth-order valence-electron chi connectivity index (χ4n) is 1.000. The summed E-state index contributed by atoms with van der Waals surface area (Å²) >= 11 is 9.16. The molecule has 0 amide bonds. The number of aryl methyl sites for hydroxylation is 1. The highest BCUT2D eigenvalue weighted by molar-refractivity contribution is 9.10. The minimum absolute atomic E-state index is 0.395. The van der Waals surface area contributed by atoms with Crippen LogP contribution in [-0.2, 0) is 4.74 Å². The van der Waals surface area contributed by atoms with E-state index >= 15 is 0 Å². The monoisotopic (exact) mass is 262 g/mol. The lowest BCUT2D eigenvalue weighted by atomic mass is 10.1. The van der Waals surface area contributed by atoms with E-state index in [-0.39, 0.29) is 0 Å². The van der Waals surface area contributed by atoms with Crippen LogP contribution in [-0.4, -0.2) is 13.1 Å². The second kappa shape index (κ2) is 4.11. The summed E-state index contributed by atoms with van der Waals surface area (Å²) in [5.74, 6) is -0.413. The Balaban J connectivity index is 3.33. The molecule has 0 saturated heterocycles. The molecule has 0 aliphatic rings. The number of methoxy groups -OCH3 is 1. The summed E-state index contributed by atoms with van der Waals surface area (Å²) in [6.07, 6.45) is 0. The predicted octanol–water partition coefficient (Wildman–Crippen LogP) is 3.20. The Hall–Kier alpha value is -0.540. The van der Waals surface area contributed by atoms with Gasteiger partial charge in [0.1, 0.15) is 0 Å². The number of ether oxygens (including phenoxy) is 1. The number of halogens is 2. The Morgan fingerprint density at radius 2 is 2.15 bits per heavy atom. The molecule has 0 saturated carbocycles. The van der Waals surface area contributed by atoms with Gasteiger partial charge in [0.15, 0.2) is 0 Å². The molecule has 0 unspecified atom stereocenters. The third kappa shape index (κ3) is 2.03. The van der Waals surface area contributed by atoms with Gasteiger partial charge in [0, 0.05) is 4.47 Å². The van der Waals surface area contributed by atoms with Crippen molar-refractivity contribution < 1.29 is 9.53 Å². The van der Waals surface area contributed by atoms with Gasteiger partial charge in [-0.05, 0) is 34.5 Å². The molecule has 0 aliphatic carbocycles. The Morgan fingerprint density at radius 1 is 1.54 bits per heavy atom. The maximum Gasteiger partial charge on any atom is 0.339 e. The van der Waals surface area contributed by atoms with Crippen LogP contribution in [0, 0.1) is 6.92 Å². The van der Waals surface area contributed by atoms with Gasteiger partial charge in [-0.1, -0.05) is 17.7 Å². The third-order valence-electron chi connectivity index (χ3n) is 1.69. The van der Waals surface area contributed by atoms with Gasteiger partial charge in [0.25, 0.3) is 0 Å². The number of carbonyl (C=O) groups excluding carboxylic acids is 1. The lowest BCUT2D eigenvalue weighted by Crippen LogP contribution is -2.04. The molecule has 2 nitrogen and oxygen atoms in total. The highest BCUT2D eigenvalue weighted by atomic mass is 79.9. The van der Waals surface area contributed by atoms with E-state index in [4.69, 9.17) is 11.6 Å². The Labute approximate surface area is 90.0 Å². The van der Waals surface area contributed by atoms with E-state index in [9.17, 15) is 4.79 Å². The highest BCUT2D eigenvalue weighted by Gasteiger charge is 2.15. The molecule has 0 aliphatic heterocycles. The standard InChI is InChI=1S/C9H8BrClO2/c1-5-3-4-6(10)8(11)7(5)9(12)13-2/h3-4H,1-2H3. The second-order valence-corrected chi connectivity index (χ2v) is 3.78. The minimum Gasteiger partial charge on any atom is -0.465 e. The first-order valence-electron chi connectivity index (χ1n) is 3.61. The van der Waals surface area contributed by atoms with Crippen LogP contribution in [0.2, 0.25) is 5.02 Å². The van der Waals surface area contributed by atoms with E-state index in [0.717, 1.165) is 5.56 Å². The normalized spacial score (nSPS) is 9.85. The summed E-state index contributed by atoms with van der Waals surface area (Å²) in [5.41, 5.74) is 1.22. The molecule has 0 atom stereocenters. The number of rotatable bonds is 1. The van der Waals surface area contributed by atoms with Crippen LogP contribution in [0.4, 0.5) is 0 Å². The molecule has 1 rings (SSSR count). The fourth-order valence-corrected chi connectivity index (χ4v) is 1.62. The van der Waals surface area contributed by atoms with E-state index < -0.39 is 5.97 Å². The van der Waals surface area contributed by atoms with Gasteiger partial charge in [-0.2, -0.15) is 0 Å². The molecule has 0 heterocycles. The van der Waals surface area contributed by atoms with Crippen molar-refractivity contribution in [3.05, 3.63) is 32.8 Å². The third-order valence-corrected chi connectivity index (χ3v) is 2.97. The SMILES string of the molecule is COC(=O)c1c(C)ccc(Br)c1Cl. The Morgan fingerprint density at radius 3 is 2.69 bits per heavy atom. The molecular weight excluding hydrogens is 255 g/mol. The summed E-state index contributed by atoms with van der Waals surface area (Å²) < 4.78 is 5.30. The number of esters is 1. The predicted molar refractivity (Wildman–Crippen MR) is 55.2 cm³/mol. The number of hydrogen-bond donors (Lipinski definition) is 0. The number of carbonyl (C=O) groups is 1. The lowest BCUT2D eigenvalue weighted by Gasteiger charge is -2.06. The smallest absolute Gasteiger partial charge is 0.339 e. The van der Waals surface area contributed by atoms with Crippen molar-refractivity contribution in [3.8, 4) is 0 Å². The molecule has 13 heavy (non-hydrogen) atoms. The Bertz CT molecular complexity index is 350. The topological polar surface area (TPSA) is 26.3 Å². The molecule has 0 bridgehead atoms. The number of hydrogen-bond acceptors (Lipinski definition) is 2. The molecule has 1 aromatic carbocycles. The van der Waals surface area contributed by atoms with Crippen molar-refractivity contribution in [2.45, 2.75) is 6.92 Å². The highest BCUT2D eigenvalue weighted by Crippen LogP contribution is 2.28. The van der Waals surface area contributed by atoms with Crippen molar-refractivity contribution in [2.24, 2.45) is 0 Å². The zero-order valence-electron chi connectivity index (χ0n) is 7.23. The summed E-state index contributed by atoms with van der Waals surface area (Å²) in [6, 6.07) is 3.60. The molecule has 0 N–H and O–H groups in total. The van der Waals surface area contributed by atoms with E-state index in [1.165, 1.54) is 7.11 Å². The van der Waals surface area contributed by atoms with E-state index in [2.05, 4.69) is 20.7 Å². The van der Waals surface area contributed by atoms with E-state index in [1.807, 2.05) is 13.0 Å². The van der Waals surface area contributed by atoms with Gasteiger partial charge in [0.05, 0.1) is 17.7 Å². The average Bonchev–Trinajstić information content (AvgIpc) is 2.12. The zero-order chi connectivity index (χ0) is 10.0. The van der Waals surface area contributed by atoms with Gasteiger partial charge in [-0.15, -0.1) is 0 Å². The maximum atomic E-state index is 11.3. The Kier molecular flexibility index (Phi) is 3.33. The van der Waals surface area contributed by atoms with Crippen LogP contribution in [0.3, 0.4) is 0 Å². The summed E-state index contributed by atoms with van der Waals surface area (Å²) in [6.45, 7) is 1.81. The average molecular weight is 264 g/mol. The van der Waals surface area contributed by atoms with Crippen molar-refractivity contribution in [3.63, 3.8) is 0 Å². The fraction of sp³-hybridized carbons (Fsp3) is 0.222. The first-order valence-corrected chi connectivity index (χ1v) is 4.78. The molecule has 0 fully saturated rings. The molecular formula is C9H8BrClO2. The summed E-state index contributed by atoms with van der Waals surface area (Å²) in [5, 5.41) is 0.395. The van der Waals surface area contributed by atoms with Crippen LogP contribution in [0.5, 0.6) is 0 Å². The molecule has 0 spiro atoms. The first kappa shape index (κ1) is 10.5. The van der Waals surface area contributed by atoms with Gasteiger partial charge >= 0.3 is 5.97 Å². The van der Waals surface area contributed by atoms with Crippen LogP contribution in [0.15, 0.2) is 16.6 Å². The van der Waals surface area contributed by atoms with Crippen LogP contribution in [0.25, 0.3) is 0 Å². The maximum absolute atomic E-state index is 11.3. The zero-order valence-corrected chi connectivity index (χ0v) is 9.57. The van der Waals surface area contributed by atoms with Gasteiger partial charge in [-0.3, -0.25) is 0 Å². The number of benzene rings is 1. The van der Waals surface area contributed by atoms with Gasteiger partial charge < -0.3 is 4.74 Å². The van der Waals surface area contributed by atoms with Gasteiger partial charge in [0.2, 0.25) is 0 Å². The summed E-state index contributed by atoms with van der Waals surface area (Å²) in [4.78, 5) is 11.3. The molecule has 1 aromatic rings. The van der Waals surface area contributed by atoms with E-state index in [0.29, 0.717) is 15.1 Å². The largest absolute Gasteiger partial charge is 0.465 e. The van der Waals surface area contributed by atoms with Crippen LogP contribution >= 0.6 is 27.5 Å². The van der Waals surface area contributed by atoms with E-state index in [1.54, 1.807) is 6.07 Å². The van der Waals surface area contributed by atoms with Crippen LogP contribution in [0.1, 0.15) is 15.9 Å².